The van der Waals surface area contributed by atoms with Crippen LogP contribution in [0, 0.1) is 0 Å². The molecule has 5 rings (SSSR count). The Labute approximate surface area is 224 Å². The third-order valence-corrected chi connectivity index (χ3v) is 11.0. The smallest absolute Gasteiger partial charge is 0.328 e. The molecule has 2 aliphatic carbocycles. The highest BCUT2D eigenvalue weighted by Crippen LogP contribution is 2.50. The predicted octanol–water partition coefficient (Wildman–Crippen LogP) is 1.19. The summed E-state index contributed by atoms with van der Waals surface area (Å²) in [6, 6.07) is 9.64. The summed E-state index contributed by atoms with van der Waals surface area (Å²) in [6.07, 6.45) is 4.16. The van der Waals surface area contributed by atoms with Crippen LogP contribution in [0.1, 0.15) is 50.5 Å². The number of hydrogen-bond acceptors (Lipinski definition) is 7. The van der Waals surface area contributed by atoms with E-state index < -0.39 is 39.5 Å². The van der Waals surface area contributed by atoms with Crippen LogP contribution in [-0.2, 0) is 25.0 Å². The Hall–Kier alpha value is -2.50. The van der Waals surface area contributed by atoms with Gasteiger partial charge in [-0.3, -0.25) is 19.4 Å². The molecule has 10 nitrogen and oxygen atoms in total. The van der Waals surface area contributed by atoms with Gasteiger partial charge in [0.1, 0.15) is 12.1 Å². The summed E-state index contributed by atoms with van der Waals surface area (Å²) >= 11 is 0. The molecule has 0 unspecified atom stereocenters. The fraction of sp³-hybridized carbons (Fsp3) is 0.667. The van der Waals surface area contributed by atoms with Gasteiger partial charge in [0.25, 0.3) is 5.91 Å². The van der Waals surface area contributed by atoms with Crippen molar-refractivity contribution in [2.75, 3.05) is 51.8 Å². The van der Waals surface area contributed by atoms with Crippen LogP contribution in [0.25, 0.3) is 0 Å². The van der Waals surface area contributed by atoms with Gasteiger partial charge in [0.2, 0.25) is 5.91 Å². The standard InChI is InChI=1S/C27H38N4O6S/c1-28(2)26(21-7-4-3-5-8-21)11-13-27(14-12-26)23(33)30(24(34)31(27)20-25(35)9-6-10-25)19-22(32)29-15-17-38(36,37)18-16-29/h3-5,7-8,35H,6,9-20H2,1-2H3/t26-,27-. The van der Waals surface area contributed by atoms with Gasteiger partial charge < -0.3 is 14.9 Å². The average molecular weight is 547 g/mol. The van der Waals surface area contributed by atoms with E-state index in [1.807, 2.05) is 32.3 Å². The van der Waals surface area contributed by atoms with Crippen LogP contribution in [0.15, 0.2) is 30.3 Å². The van der Waals surface area contributed by atoms with E-state index in [2.05, 4.69) is 17.0 Å². The molecule has 11 heteroatoms. The van der Waals surface area contributed by atoms with Gasteiger partial charge in [-0.05, 0) is 64.6 Å². The minimum Gasteiger partial charge on any atom is -0.388 e. The second kappa shape index (κ2) is 9.60. The van der Waals surface area contributed by atoms with E-state index in [-0.39, 0.29) is 42.6 Å². The van der Waals surface area contributed by atoms with Crippen molar-refractivity contribution in [2.24, 2.45) is 0 Å². The fourth-order valence-corrected chi connectivity index (χ4v) is 7.88. The monoisotopic (exact) mass is 546 g/mol. The fourth-order valence-electron chi connectivity index (χ4n) is 6.68. The number of imide groups is 1. The normalized spacial score (nSPS) is 30.7. The van der Waals surface area contributed by atoms with Gasteiger partial charge in [0.05, 0.1) is 23.7 Å². The van der Waals surface area contributed by atoms with Gasteiger partial charge in [-0.25, -0.2) is 13.2 Å². The first-order valence-corrected chi connectivity index (χ1v) is 15.3. The summed E-state index contributed by atoms with van der Waals surface area (Å²) < 4.78 is 23.6. The van der Waals surface area contributed by atoms with Crippen molar-refractivity contribution in [1.29, 1.82) is 0 Å². The van der Waals surface area contributed by atoms with Crippen LogP contribution in [-0.4, -0.2) is 114 Å². The lowest BCUT2D eigenvalue weighted by Crippen LogP contribution is -2.60. The number of urea groups is 1. The maximum absolute atomic E-state index is 14.0. The van der Waals surface area contributed by atoms with E-state index in [1.54, 1.807) is 4.90 Å². The van der Waals surface area contributed by atoms with Crippen molar-refractivity contribution in [3.05, 3.63) is 35.9 Å². The molecule has 0 radical (unpaired) electrons. The van der Waals surface area contributed by atoms with Gasteiger partial charge in [-0.15, -0.1) is 0 Å². The number of carbonyl (C=O) groups is 3. The lowest BCUT2D eigenvalue weighted by molar-refractivity contribution is -0.143. The van der Waals surface area contributed by atoms with Gasteiger partial charge in [0, 0.05) is 18.6 Å². The topological polar surface area (TPSA) is 119 Å². The Kier molecular flexibility index (Phi) is 6.84. The molecule has 0 aromatic heterocycles. The molecule has 1 spiro atoms. The van der Waals surface area contributed by atoms with Crippen molar-refractivity contribution in [3.63, 3.8) is 0 Å². The second-order valence-corrected chi connectivity index (χ2v) is 14.0. The van der Waals surface area contributed by atoms with Crippen LogP contribution in [0.4, 0.5) is 4.79 Å². The molecule has 2 aliphatic heterocycles. The molecule has 2 saturated carbocycles. The maximum atomic E-state index is 14.0. The zero-order valence-corrected chi connectivity index (χ0v) is 23.1. The number of benzene rings is 1. The van der Waals surface area contributed by atoms with E-state index in [9.17, 15) is 27.9 Å². The summed E-state index contributed by atoms with van der Waals surface area (Å²) in [6.45, 7) is -0.209. The summed E-state index contributed by atoms with van der Waals surface area (Å²) in [7, 11) is 0.898. The number of aliphatic hydroxyl groups is 1. The Morgan fingerprint density at radius 2 is 1.58 bits per heavy atom. The van der Waals surface area contributed by atoms with Gasteiger partial charge in [0.15, 0.2) is 9.84 Å². The van der Waals surface area contributed by atoms with Crippen molar-refractivity contribution < 1.29 is 27.9 Å². The van der Waals surface area contributed by atoms with Crippen molar-refractivity contribution in [3.8, 4) is 0 Å². The first kappa shape index (κ1) is 27.1. The molecule has 0 atom stereocenters. The third kappa shape index (κ3) is 4.52. The van der Waals surface area contributed by atoms with Crippen LogP contribution in [0.5, 0.6) is 0 Å². The summed E-state index contributed by atoms with van der Waals surface area (Å²) in [5.41, 5.74) is -1.26. The lowest BCUT2D eigenvalue weighted by atomic mass is 9.67. The third-order valence-electron chi connectivity index (χ3n) is 9.42. The molecular weight excluding hydrogens is 508 g/mol. The van der Waals surface area contributed by atoms with E-state index >= 15 is 0 Å². The Morgan fingerprint density at radius 3 is 2.11 bits per heavy atom. The Bertz CT molecular complexity index is 1190. The van der Waals surface area contributed by atoms with Gasteiger partial charge >= 0.3 is 6.03 Å². The summed E-state index contributed by atoms with van der Waals surface area (Å²) in [5, 5.41) is 11.0. The molecule has 38 heavy (non-hydrogen) atoms. The number of hydrogen-bond donors (Lipinski definition) is 1. The average Bonchev–Trinajstić information content (AvgIpc) is 3.05. The summed E-state index contributed by atoms with van der Waals surface area (Å²) in [5.74, 6) is -1.04. The largest absolute Gasteiger partial charge is 0.388 e. The maximum Gasteiger partial charge on any atom is 0.328 e. The number of β-amino-alcohol motifs (C(OH)–C–C–N with tert-alkyl or cyclic N) is 1. The minimum absolute atomic E-state index is 0.0639. The highest BCUT2D eigenvalue weighted by Gasteiger charge is 2.62. The molecule has 4 amide bonds. The van der Waals surface area contributed by atoms with Crippen molar-refractivity contribution in [2.45, 2.75) is 61.6 Å². The number of sulfone groups is 1. The highest BCUT2D eigenvalue weighted by atomic mass is 32.2. The first-order chi connectivity index (χ1) is 17.9. The van der Waals surface area contributed by atoms with E-state index in [0.29, 0.717) is 38.5 Å². The second-order valence-electron chi connectivity index (χ2n) is 11.7. The Morgan fingerprint density at radius 1 is 0.974 bits per heavy atom. The molecule has 1 N–H and O–H groups in total. The van der Waals surface area contributed by atoms with Crippen LogP contribution < -0.4 is 0 Å². The molecule has 2 heterocycles. The van der Waals surface area contributed by atoms with Crippen LogP contribution in [0.2, 0.25) is 0 Å². The molecule has 0 bridgehead atoms. The zero-order chi connectivity index (χ0) is 27.3. The number of amides is 4. The van der Waals surface area contributed by atoms with Crippen LogP contribution in [0.3, 0.4) is 0 Å². The number of carbonyl (C=O) groups excluding carboxylic acids is 3. The number of nitrogens with zero attached hydrogens (tertiary/aromatic N) is 4. The molecular formula is C27H38N4O6S. The van der Waals surface area contributed by atoms with Crippen molar-refractivity contribution in [1.82, 2.24) is 19.6 Å². The lowest BCUT2D eigenvalue weighted by Gasteiger charge is -2.51. The Balaban J connectivity index is 1.41. The molecule has 1 aromatic carbocycles. The van der Waals surface area contributed by atoms with Gasteiger partial charge in [-0.1, -0.05) is 30.3 Å². The number of rotatable bonds is 6. The molecule has 208 valence electrons. The van der Waals surface area contributed by atoms with Crippen molar-refractivity contribution >= 4 is 27.7 Å². The van der Waals surface area contributed by atoms with E-state index in [0.717, 1.165) is 16.9 Å². The quantitative estimate of drug-likeness (QED) is 0.533. The zero-order valence-electron chi connectivity index (χ0n) is 22.3. The van der Waals surface area contributed by atoms with Crippen LogP contribution >= 0.6 is 0 Å². The van der Waals surface area contributed by atoms with E-state index in [1.165, 1.54) is 4.90 Å². The molecule has 1 aromatic rings. The molecule has 4 fully saturated rings. The first-order valence-electron chi connectivity index (χ1n) is 13.5. The van der Waals surface area contributed by atoms with Gasteiger partial charge in [-0.2, -0.15) is 0 Å². The predicted molar refractivity (Wildman–Crippen MR) is 141 cm³/mol. The SMILES string of the molecule is CN(C)[C@]1(c2ccccc2)CC[C@@]2(CC1)C(=O)N(CC(=O)N1CCS(=O)(=O)CC1)C(=O)N2CC1(O)CCC1. The minimum atomic E-state index is -3.17. The molecule has 4 aliphatic rings. The highest BCUT2D eigenvalue weighted by molar-refractivity contribution is 7.91. The molecule has 2 saturated heterocycles. The summed E-state index contributed by atoms with van der Waals surface area (Å²) in [4.78, 5) is 47.0. The van der Waals surface area contributed by atoms with E-state index in [4.69, 9.17) is 0 Å².